The summed E-state index contributed by atoms with van der Waals surface area (Å²) < 4.78 is 2.00. The molecule has 0 saturated carbocycles. The Morgan fingerprint density at radius 2 is 2.18 bits per heavy atom. The summed E-state index contributed by atoms with van der Waals surface area (Å²) in [4.78, 5) is 0. The number of anilines is 1. The molecule has 3 N–H and O–H groups in total. The van der Waals surface area contributed by atoms with E-state index in [0.717, 1.165) is 27.1 Å². The number of nitrogens with one attached hydrogen (secondary N) is 1. The van der Waals surface area contributed by atoms with Crippen LogP contribution in [0.2, 0.25) is 5.02 Å². The Kier molecular flexibility index (Phi) is 2.12. The van der Waals surface area contributed by atoms with Gasteiger partial charge in [-0.3, -0.25) is 5.10 Å². The highest BCUT2D eigenvalue weighted by Crippen LogP contribution is 2.36. The summed E-state index contributed by atoms with van der Waals surface area (Å²) >= 11 is 6.26. The summed E-state index contributed by atoms with van der Waals surface area (Å²) in [7, 11) is 1.97. The molecule has 1 aromatic carbocycles. The first-order valence-electron chi connectivity index (χ1n) is 5.21. The molecule has 86 valence electrons. The molecule has 0 spiro atoms. The van der Waals surface area contributed by atoms with Gasteiger partial charge in [-0.25, -0.2) is 0 Å². The minimum Gasteiger partial charge on any atom is -0.384 e. The van der Waals surface area contributed by atoms with E-state index in [2.05, 4.69) is 10.2 Å². The summed E-state index contributed by atoms with van der Waals surface area (Å²) in [5.74, 6) is 0.553. The Labute approximate surface area is 103 Å². The molecule has 0 aliphatic carbocycles. The minimum absolute atomic E-state index is 0.553. The van der Waals surface area contributed by atoms with Crippen molar-refractivity contribution in [3.63, 3.8) is 0 Å². The zero-order chi connectivity index (χ0) is 12.0. The van der Waals surface area contributed by atoms with Gasteiger partial charge in [0.1, 0.15) is 5.82 Å². The van der Waals surface area contributed by atoms with Crippen molar-refractivity contribution >= 4 is 28.3 Å². The van der Waals surface area contributed by atoms with Gasteiger partial charge in [0.15, 0.2) is 0 Å². The SMILES string of the molecule is Cn1cc(Cl)c2c(-c3cn[nH]c3N)cccc21. The number of hydrogen-bond donors (Lipinski definition) is 2. The molecule has 2 heterocycles. The summed E-state index contributed by atoms with van der Waals surface area (Å²) in [6, 6.07) is 6.01. The molecular formula is C12H11ClN4. The van der Waals surface area contributed by atoms with Gasteiger partial charge in [0.25, 0.3) is 0 Å². The fourth-order valence-corrected chi connectivity index (χ4v) is 2.47. The fraction of sp³-hybridized carbons (Fsp3) is 0.0833. The van der Waals surface area contributed by atoms with Crippen LogP contribution in [0.25, 0.3) is 22.0 Å². The lowest BCUT2D eigenvalue weighted by Gasteiger charge is -2.03. The van der Waals surface area contributed by atoms with Crippen LogP contribution in [-0.2, 0) is 7.05 Å². The zero-order valence-electron chi connectivity index (χ0n) is 9.24. The van der Waals surface area contributed by atoms with E-state index in [4.69, 9.17) is 17.3 Å². The minimum atomic E-state index is 0.553. The first-order chi connectivity index (χ1) is 8.18. The van der Waals surface area contributed by atoms with E-state index in [0.29, 0.717) is 5.82 Å². The average Bonchev–Trinajstić information content (AvgIpc) is 2.85. The maximum absolute atomic E-state index is 6.26. The van der Waals surface area contributed by atoms with Gasteiger partial charge in [-0.15, -0.1) is 0 Å². The van der Waals surface area contributed by atoms with Crippen LogP contribution in [0, 0.1) is 0 Å². The van der Waals surface area contributed by atoms with Crippen molar-refractivity contribution in [2.45, 2.75) is 0 Å². The van der Waals surface area contributed by atoms with Gasteiger partial charge in [0, 0.05) is 29.7 Å². The number of H-pyrrole nitrogens is 1. The van der Waals surface area contributed by atoms with Gasteiger partial charge >= 0.3 is 0 Å². The third-order valence-corrected chi connectivity index (χ3v) is 3.21. The molecule has 5 heteroatoms. The normalized spacial score (nSPS) is 11.2. The monoisotopic (exact) mass is 246 g/mol. The number of rotatable bonds is 1. The van der Waals surface area contributed by atoms with Crippen molar-refractivity contribution in [2.75, 3.05) is 5.73 Å². The summed E-state index contributed by atoms with van der Waals surface area (Å²) in [6.07, 6.45) is 3.61. The van der Waals surface area contributed by atoms with Gasteiger partial charge in [0.05, 0.1) is 11.2 Å². The van der Waals surface area contributed by atoms with Crippen LogP contribution in [0.1, 0.15) is 0 Å². The molecule has 0 bridgehead atoms. The second kappa shape index (κ2) is 3.53. The van der Waals surface area contributed by atoms with Crippen LogP contribution in [-0.4, -0.2) is 14.8 Å². The van der Waals surface area contributed by atoms with Crippen LogP contribution in [0.4, 0.5) is 5.82 Å². The van der Waals surface area contributed by atoms with E-state index in [1.54, 1.807) is 6.20 Å². The maximum Gasteiger partial charge on any atom is 0.126 e. The van der Waals surface area contributed by atoms with E-state index in [9.17, 15) is 0 Å². The molecule has 2 aromatic heterocycles. The second-order valence-corrected chi connectivity index (χ2v) is 4.39. The molecule has 0 amide bonds. The smallest absolute Gasteiger partial charge is 0.126 e. The number of fused-ring (bicyclic) bond motifs is 1. The van der Waals surface area contributed by atoms with Crippen LogP contribution in [0.3, 0.4) is 0 Å². The molecule has 0 fully saturated rings. The first-order valence-corrected chi connectivity index (χ1v) is 5.59. The third-order valence-electron chi connectivity index (χ3n) is 2.93. The van der Waals surface area contributed by atoms with Crippen LogP contribution in [0.5, 0.6) is 0 Å². The van der Waals surface area contributed by atoms with Gasteiger partial charge in [-0.2, -0.15) is 5.10 Å². The predicted octanol–water partition coefficient (Wildman–Crippen LogP) is 2.80. The standard InChI is InChI=1S/C12H11ClN4/c1-17-6-9(13)11-7(3-2-4-10(11)17)8-5-15-16-12(8)14/h2-6H,1H3,(H3,14,15,16). The molecule has 0 saturated heterocycles. The number of halogens is 1. The van der Waals surface area contributed by atoms with Gasteiger partial charge in [-0.05, 0) is 11.6 Å². The van der Waals surface area contributed by atoms with Crippen molar-refractivity contribution in [3.8, 4) is 11.1 Å². The summed E-state index contributed by atoms with van der Waals surface area (Å²) in [5, 5.41) is 8.40. The largest absolute Gasteiger partial charge is 0.384 e. The maximum atomic E-state index is 6.26. The molecule has 4 nitrogen and oxygen atoms in total. The molecule has 0 unspecified atom stereocenters. The quantitative estimate of drug-likeness (QED) is 0.694. The highest BCUT2D eigenvalue weighted by atomic mass is 35.5. The molecular weight excluding hydrogens is 236 g/mol. The Hall–Kier alpha value is -1.94. The Morgan fingerprint density at radius 3 is 2.88 bits per heavy atom. The molecule has 3 rings (SSSR count). The Balaban J connectivity index is 2.42. The number of nitrogens with zero attached hydrogens (tertiary/aromatic N) is 2. The van der Waals surface area contributed by atoms with Crippen molar-refractivity contribution in [2.24, 2.45) is 7.05 Å². The van der Waals surface area contributed by atoms with E-state index < -0.39 is 0 Å². The van der Waals surface area contributed by atoms with Crippen LogP contribution < -0.4 is 5.73 Å². The van der Waals surface area contributed by atoms with E-state index in [1.807, 2.05) is 36.0 Å². The molecule has 0 aliphatic rings. The topological polar surface area (TPSA) is 59.6 Å². The van der Waals surface area contributed by atoms with Gasteiger partial charge in [0.2, 0.25) is 0 Å². The number of nitrogen functional groups attached to an aromatic ring is 1. The van der Waals surface area contributed by atoms with Gasteiger partial charge < -0.3 is 10.3 Å². The molecule has 0 aliphatic heterocycles. The molecule has 17 heavy (non-hydrogen) atoms. The lowest BCUT2D eigenvalue weighted by atomic mass is 10.0. The second-order valence-electron chi connectivity index (χ2n) is 3.98. The number of nitrogens with two attached hydrogens (primary N) is 1. The fourth-order valence-electron chi connectivity index (χ4n) is 2.12. The van der Waals surface area contributed by atoms with Gasteiger partial charge in [-0.1, -0.05) is 23.7 Å². The third kappa shape index (κ3) is 1.41. The van der Waals surface area contributed by atoms with Crippen LogP contribution >= 0.6 is 11.6 Å². The van der Waals surface area contributed by atoms with E-state index >= 15 is 0 Å². The van der Waals surface area contributed by atoms with E-state index in [1.165, 1.54) is 0 Å². The highest BCUT2D eigenvalue weighted by molar-refractivity contribution is 6.36. The molecule has 0 atom stereocenters. The number of aromatic amines is 1. The average molecular weight is 247 g/mol. The van der Waals surface area contributed by atoms with E-state index in [-0.39, 0.29) is 0 Å². The lowest BCUT2D eigenvalue weighted by Crippen LogP contribution is -1.89. The Bertz CT molecular complexity index is 696. The number of aromatic nitrogens is 3. The molecule has 0 radical (unpaired) electrons. The number of benzene rings is 1. The highest BCUT2D eigenvalue weighted by Gasteiger charge is 2.13. The zero-order valence-corrected chi connectivity index (χ0v) is 9.99. The number of aryl methyl sites for hydroxylation is 1. The number of hydrogen-bond acceptors (Lipinski definition) is 2. The van der Waals surface area contributed by atoms with Crippen LogP contribution in [0.15, 0.2) is 30.6 Å². The van der Waals surface area contributed by atoms with Crippen molar-refractivity contribution < 1.29 is 0 Å². The first kappa shape index (κ1) is 10.2. The van der Waals surface area contributed by atoms with Crippen molar-refractivity contribution in [3.05, 3.63) is 35.6 Å². The summed E-state index contributed by atoms with van der Waals surface area (Å²) in [6.45, 7) is 0. The Morgan fingerprint density at radius 1 is 1.35 bits per heavy atom. The molecule has 3 aromatic rings. The summed E-state index contributed by atoms with van der Waals surface area (Å²) in [5.41, 5.74) is 8.81. The van der Waals surface area contributed by atoms with Crippen molar-refractivity contribution in [1.82, 2.24) is 14.8 Å². The lowest BCUT2D eigenvalue weighted by molar-refractivity contribution is 0.969. The predicted molar refractivity (Wildman–Crippen MR) is 69.9 cm³/mol. The van der Waals surface area contributed by atoms with Crippen molar-refractivity contribution in [1.29, 1.82) is 0 Å².